The first kappa shape index (κ1) is 15.8. The first-order valence-corrected chi connectivity index (χ1v) is 6.80. The lowest BCUT2D eigenvalue weighted by Gasteiger charge is -2.33. The van der Waals surface area contributed by atoms with Crippen LogP contribution in [0.15, 0.2) is 0 Å². The Labute approximate surface area is 107 Å². The van der Waals surface area contributed by atoms with Crippen molar-refractivity contribution in [2.75, 3.05) is 13.1 Å². The highest BCUT2D eigenvalue weighted by Gasteiger charge is 2.36. The van der Waals surface area contributed by atoms with E-state index < -0.39 is 18.3 Å². The van der Waals surface area contributed by atoms with Crippen LogP contribution < -0.4 is 11.1 Å². The predicted octanol–water partition coefficient (Wildman–Crippen LogP) is 3.07. The molecule has 0 aromatic heterocycles. The quantitative estimate of drug-likeness (QED) is 0.767. The van der Waals surface area contributed by atoms with Crippen LogP contribution in [0.3, 0.4) is 0 Å². The summed E-state index contributed by atoms with van der Waals surface area (Å²) in [4.78, 5) is 0. The van der Waals surface area contributed by atoms with E-state index in [0.717, 1.165) is 32.1 Å². The Morgan fingerprint density at radius 2 is 1.94 bits per heavy atom. The van der Waals surface area contributed by atoms with Crippen molar-refractivity contribution in [1.29, 1.82) is 0 Å². The smallest absolute Gasteiger partial charge is 0.329 e. The van der Waals surface area contributed by atoms with Crippen molar-refractivity contribution in [3.05, 3.63) is 0 Å². The Hall–Kier alpha value is -0.290. The molecule has 2 nitrogen and oxygen atoms in total. The number of rotatable bonds is 4. The van der Waals surface area contributed by atoms with Crippen LogP contribution in [0.5, 0.6) is 0 Å². The van der Waals surface area contributed by atoms with E-state index in [1.54, 1.807) is 0 Å². The van der Waals surface area contributed by atoms with Crippen LogP contribution in [0.25, 0.3) is 0 Å². The van der Waals surface area contributed by atoms with Gasteiger partial charge in [0.05, 0.1) is 6.54 Å². The molecule has 0 radical (unpaired) electrons. The molecule has 0 amide bonds. The zero-order valence-electron chi connectivity index (χ0n) is 11.3. The second-order valence-electron chi connectivity index (χ2n) is 5.89. The average molecular weight is 266 g/mol. The van der Waals surface area contributed by atoms with Gasteiger partial charge in [0.25, 0.3) is 0 Å². The Morgan fingerprint density at radius 3 is 2.44 bits per heavy atom. The Balaban J connectivity index is 2.59. The molecule has 5 heteroatoms. The molecule has 1 saturated carbocycles. The number of nitrogens with two attached hydrogens (primary N) is 1. The molecule has 3 N–H and O–H groups in total. The molecular formula is C13H25F3N2. The van der Waals surface area contributed by atoms with Crippen LogP contribution in [-0.2, 0) is 0 Å². The van der Waals surface area contributed by atoms with Gasteiger partial charge in [-0.25, -0.2) is 0 Å². The van der Waals surface area contributed by atoms with Crippen molar-refractivity contribution in [3.8, 4) is 0 Å². The van der Waals surface area contributed by atoms with Crippen molar-refractivity contribution >= 4 is 0 Å². The van der Waals surface area contributed by atoms with E-state index in [4.69, 9.17) is 5.73 Å². The first-order chi connectivity index (χ1) is 8.28. The van der Waals surface area contributed by atoms with Gasteiger partial charge in [0, 0.05) is 12.1 Å². The molecule has 1 fully saturated rings. The summed E-state index contributed by atoms with van der Waals surface area (Å²) in [6, 6.07) is 0. The third kappa shape index (κ3) is 4.76. The second-order valence-corrected chi connectivity index (χ2v) is 5.89. The summed E-state index contributed by atoms with van der Waals surface area (Å²) in [6.45, 7) is 3.72. The molecule has 1 rings (SSSR count). The summed E-state index contributed by atoms with van der Waals surface area (Å²) < 4.78 is 37.0. The number of hydrogen-bond donors (Lipinski definition) is 2. The van der Waals surface area contributed by atoms with E-state index in [2.05, 4.69) is 19.2 Å². The topological polar surface area (TPSA) is 38.0 Å². The summed E-state index contributed by atoms with van der Waals surface area (Å²) in [5, 5.41) is 2.67. The van der Waals surface area contributed by atoms with Crippen LogP contribution in [0.4, 0.5) is 13.2 Å². The van der Waals surface area contributed by atoms with E-state index >= 15 is 0 Å². The number of alkyl halides is 3. The minimum atomic E-state index is -4.16. The highest BCUT2D eigenvalue weighted by molar-refractivity contribution is 4.93. The van der Waals surface area contributed by atoms with Gasteiger partial charge in [0.2, 0.25) is 0 Å². The fourth-order valence-electron chi connectivity index (χ4n) is 2.84. The fourth-order valence-corrected chi connectivity index (χ4v) is 2.84. The van der Waals surface area contributed by atoms with Crippen LogP contribution in [0.1, 0.15) is 46.0 Å². The third-order valence-electron chi connectivity index (χ3n) is 4.22. The summed E-state index contributed by atoms with van der Waals surface area (Å²) in [5.74, 6) is 1.22. The molecule has 0 aliphatic heterocycles. The summed E-state index contributed by atoms with van der Waals surface area (Å²) in [6.07, 6.45) is 0.384. The molecule has 0 aromatic carbocycles. The van der Waals surface area contributed by atoms with Crippen molar-refractivity contribution in [2.45, 2.75) is 57.7 Å². The van der Waals surface area contributed by atoms with Gasteiger partial charge < -0.3 is 11.1 Å². The fraction of sp³-hybridized carbons (Fsp3) is 1.00. The largest absolute Gasteiger partial charge is 0.401 e. The van der Waals surface area contributed by atoms with E-state index in [0.29, 0.717) is 11.8 Å². The maximum atomic E-state index is 12.3. The Bertz CT molecular complexity index is 253. The monoisotopic (exact) mass is 266 g/mol. The van der Waals surface area contributed by atoms with Crippen molar-refractivity contribution in [3.63, 3.8) is 0 Å². The molecular weight excluding hydrogens is 241 g/mol. The zero-order chi connectivity index (χ0) is 13.8. The second kappa shape index (κ2) is 6.24. The number of halogens is 3. The van der Waals surface area contributed by atoms with Gasteiger partial charge in [-0.1, -0.05) is 26.7 Å². The number of nitrogens with one attached hydrogen (secondary N) is 1. The van der Waals surface area contributed by atoms with Gasteiger partial charge in [-0.15, -0.1) is 0 Å². The van der Waals surface area contributed by atoms with E-state index in [1.807, 2.05) is 0 Å². The summed E-state index contributed by atoms with van der Waals surface area (Å²) >= 11 is 0. The standard InChI is InChI=1S/C13H25F3N2/c1-10(2)11-4-3-6-12(8-17,7-5-11)18-9-13(14,15)16/h10-11,18H,3-9,17H2,1-2H3. The molecule has 0 heterocycles. The highest BCUT2D eigenvalue weighted by atomic mass is 19.4. The first-order valence-electron chi connectivity index (χ1n) is 6.80. The van der Waals surface area contributed by atoms with Crippen molar-refractivity contribution in [2.24, 2.45) is 17.6 Å². The predicted molar refractivity (Wildman–Crippen MR) is 67.3 cm³/mol. The maximum Gasteiger partial charge on any atom is 0.401 e. The highest BCUT2D eigenvalue weighted by Crippen LogP contribution is 2.34. The molecule has 0 spiro atoms. The normalized spacial score (nSPS) is 30.5. The van der Waals surface area contributed by atoms with E-state index in [-0.39, 0.29) is 6.54 Å². The van der Waals surface area contributed by atoms with E-state index in [1.165, 1.54) is 0 Å². The third-order valence-corrected chi connectivity index (χ3v) is 4.22. The molecule has 2 atom stereocenters. The molecule has 18 heavy (non-hydrogen) atoms. The Kier molecular flexibility index (Phi) is 5.46. The lowest BCUT2D eigenvalue weighted by atomic mass is 9.86. The molecule has 108 valence electrons. The molecule has 0 saturated heterocycles. The minimum absolute atomic E-state index is 0.286. The van der Waals surface area contributed by atoms with E-state index in [9.17, 15) is 13.2 Å². The van der Waals surface area contributed by atoms with Gasteiger partial charge >= 0.3 is 6.18 Å². The van der Waals surface area contributed by atoms with Crippen LogP contribution >= 0.6 is 0 Å². The van der Waals surface area contributed by atoms with Crippen molar-refractivity contribution in [1.82, 2.24) is 5.32 Å². The molecule has 1 aliphatic rings. The van der Waals surface area contributed by atoms with Gasteiger partial charge in [-0.2, -0.15) is 13.2 Å². The van der Waals surface area contributed by atoms with Crippen LogP contribution in [0.2, 0.25) is 0 Å². The number of hydrogen-bond acceptors (Lipinski definition) is 2. The lowest BCUT2D eigenvalue weighted by molar-refractivity contribution is -0.129. The minimum Gasteiger partial charge on any atom is -0.329 e. The molecule has 0 bridgehead atoms. The van der Waals surface area contributed by atoms with Gasteiger partial charge in [-0.3, -0.25) is 0 Å². The lowest BCUT2D eigenvalue weighted by Crippen LogP contribution is -2.53. The zero-order valence-corrected chi connectivity index (χ0v) is 11.3. The van der Waals surface area contributed by atoms with Gasteiger partial charge in [0.1, 0.15) is 0 Å². The van der Waals surface area contributed by atoms with Crippen LogP contribution in [-0.4, -0.2) is 24.8 Å². The van der Waals surface area contributed by atoms with Crippen LogP contribution in [0, 0.1) is 11.8 Å². The average Bonchev–Trinajstić information content (AvgIpc) is 2.48. The Morgan fingerprint density at radius 1 is 1.28 bits per heavy atom. The summed E-state index contributed by atoms with van der Waals surface area (Å²) in [7, 11) is 0. The SMILES string of the molecule is CC(C)C1CCCC(CN)(NCC(F)(F)F)CC1. The summed E-state index contributed by atoms with van der Waals surface area (Å²) in [5.41, 5.74) is 5.21. The molecule has 2 unspecified atom stereocenters. The van der Waals surface area contributed by atoms with Gasteiger partial charge in [0.15, 0.2) is 0 Å². The van der Waals surface area contributed by atoms with Crippen molar-refractivity contribution < 1.29 is 13.2 Å². The molecule has 0 aromatic rings. The van der Waals surface area contributed by atoms with Gasteiger partial charge in [-0.05, 0) is 31.1 Å². The molecule has 1 aliphatic carbocycles. The maximum absolute atomic E-state index is 12.3.